The lowest BCUT2D eigenvalue weighted by Gasteiger charge is -2.04. The average Bonchev–Trinajstić information content (AvgIpc) is 2.48. The Hall–Kier alpha value is -3.18. The van der Waals surface area contributed by atoms with Crippen LogP contribution in [0.3, 0.4) is 0 Å². The molecule has 0 fully saturated rings. The van der Waals surface area contributed by atoms with Crippen LogP contribution < -0.4 is 5.32 Å². The number of carbonyl (C=O) groups is 1. The molecule has 1 amide bonds. The van der Waals surface area contributed by atoms with E-state index >= 15 is 0 Å². The van der Waals surface area contributed by atoms with E-state index < -0.39 is 0 Å². The summed E-state index contributed by atoms with van der Waals surface area (Å²) >= 11 is 0. The zero-order valence-electron chi connectivity index (χ0n) is 9.79. The first-order valence-corrected chi connectivity index (χ1v) is 5.40. The molecule has 0 spiro atoms. The van der Waals surface area contributed by atoms with Crippen molar-refractivity contribution in [2.45, 2.75) is 0 Å². The van der Waals surface area contributed by atoms with Gasteiger partial charge in [-0.2, -0.15) is 10.5 Å². The number of rotatable bonds is 2. The molecular formula is C14H8N4O. The quantitative estimate of drug-likeness (QED) is 0.880. The van der Waals surface area contributed by atoms with E-state index in [1.54, 1.807) is 24.3 Å². The number of benzene rings is 1. The minimum absolute atomic E-state index is 0.259. The molecule has 2 aromatic rings. The molecule has 0 saturated heterocycles. The summed E-state index contributed by atoms with van der Waals surface area (Å²) in [5.74, 6) is -0.318. The summed E-state index contributed by atoms with van der Waals surface area (Å²) < 4.78 is 0. The molecular weight excluding hydrogens is 240 g/mol. The van der Waals surface area contributed by atoms with Gasteiger partial charge in [-0.1, -0.05) is 0 Å². The molecule has 5 heteroatoms. The van der Waals surface area contributed by atoms with Crippen LogP contribution in [0.5, 0.6) is 0 Å². The molecule has 0 unspecified atom stereocenters. The highest BCUT2D eigenvalue weighted by molar-refractivity contribution is 6.04. The second kappa shape index (κ2) is 5.44. The van der Waals surface area contributed by atoms with Gasteiger partial charge >= 0.3 is 0 Å². The number of pyridine rings is 1. The Labute approximate surface area is 109 Å². The highest BCUT2D eigenvalue weighted by Gasteiger charge is 2.06. The first-order valence-electron chi connectivity index (χ1n) is 5.40. The van der Waals surface area contributed by atoms with E-state index in [9.17, 15) is 4.79 Å². The first-order chi connectivity index (χ1) is 9.22. The van der Waals surface area contributed by atoms with Gasteiger partial charge in [0.15, 0.2) is 0 Å². The summed E-state index contributed by atoms with van der Waals surface area (Å²) in [5, 5.41) is 20.0. The maximum absolute atomic E-state index is 11.9. The molecule has 0 atom stereocenters. The van der Waals surface area contributed by atoms with Gasteiger partial charge in [-0.25, -0.2) is 4.98 Å². The van der Waals surface area contributed by atoms with Crippen molar-refractivity contribution >= 4 is 11.6 Å². The average molecular weight is 248 g/mol. The summed E-state index contributed by atoms with van der Waals surface area (Å²) in [6.45, 7) is 0. The minimum Gasteiger partial charge on any atom is -0.322 e. The van der Waals surface area contributed by atoms with Crippen LogP contribution in [0.1, 0.15) is 21.6 Å². The van der Waals surface area contributed by atoms with Crippen molar-refractivity contribution in [2.75, 3.05) is 5.32 Å². The zero-order valence-corrected chi connectivity index (χ0v) is 9.79. The predicted octanol–water partition coefficient (Wildman–Crippen LogP) is 2.08. The van der Waals surface area contributed by atoms with E-state index in [1.807, 2.05) is 12.1 Å². The molecule has 0 aliphatic carbocycles. The van der Waals surface area contributed by atoms with Crippen LogP contribution in [-0.2, 0) is 0 Å². The van der Waals surface area contributed by atoms with Crippen molar-refractivity contribution in [3.63, 3.8) is 0 Å². The Kier molecular flexibility index (Phi) is 3.51. The van der Waals surface area contributed by atoms with Crippen molar-refractivity contribution in [3.8, 4) is 12.1 Å². The molecule has 1 aromatic heterocycles. The van der Waals surface area contributed by atoms with Crippen LogP contribution in [0.15, 0.2) is 42.6 Å². The van der Waals surface area contributed by atoms with Crippen molar-refractivity contribution in [1.82, 2.24) is 4.98 Å². The van der Waals surface area contributed by atoms with E-state index in [2.05, 4.69) is 10.3 Å². The third kappa shape index (κ3) is 2.93. The first kappa shape index (κ1) is 12.3. The fraction of sp³-hybridized carbons (Fsp3) is 0. The molecule has 1 heterocycles. The lowest BCUT2D eigenvalue weighted by atomic mass is 10.2. The van der Waals surface area contributed by atoms with Crippen LogP contribution >= 0.6 is 0 Å². The number of carbonyl (C=O) groups excluding carboxylic acids is 1. The van der Waals surface area contributed by atoms with E-state index in [-0.39, 0.29) is 11.6 Å². The van der Waals surface area contributed by atoms with Crippen molar-refractivity contribution in [3.05, 3.63) is 59.4 Å². The summed E-state index contributed by atoms with van der Waals surface area (Å²) in [5.41, 5.74) is 1.74. The summed E-state index contributed by atoms with van der Waals surface area (Å²) in [6.07, 6.45) is 1.34. The van der Waals surface area contributed by atoms with E-state index in [0.717, 1.165) is 0 Å². The standard InChI is InChI=1S/C14H8N4O/c15-7-10-1-4-12(5-2-10)18-14(19)11-3-6-13(8-16)17-9-11/h1-6,9H,(H,18,19). The van der Waals surface area contributed by atoms with Gasteiger partial charge in [-0.05, 0) is 36.4 Å². The number of nitrogens with one attached hydrogen (secondary N) is 1. The van der Waals surface area contributed by atoms with Gasteiger partial charge in [0.25, 0.3) is 5.91 Å². The summed E-state index contributed by atoms with van der Waals surface area (Å²) in [7, 11) is 0. The largest absolute Gasteiger partial charge is 0.322 e. The number of anilines is 1. The van der Waals surface area contributed by atoms with E-state index in [1.165, 1.54) is 18.3 Å². The lowest BCUT2D eigenvalue weighted by molar-refractivity contribution is 0.102. The Morgan fingerprint density at radius 2 is 1.79 bits per heavy atom. The van der Waals surface area contributed by atoms with Crippen LogP contribution in [0.25, 0.3) is 0 Å². The fourth-order valence-corrected chi connectivity index (χ4v) is 1.43. The zero-order chi connectivity index (χ0) is 13.7. The molecule has 0 radical (unpaired) electrons. The molecule has 0 saturated carbocycles. The van der Waals surface area contributed by atoms with Crippen molar-refractivity contribution in [2.24, 2.45) is 0 Å². The monoisotopic (exact) mass is 248 g/mol. The van der Waals surface area contributed by atoms with Gasteiger partial charge in [0.2, 0.25) is 0 Å². The molecule has 0 aliphatic heterocycles. The number of hydrogen-bond acceptors (Lipinski definition) is 4. The summed E-state index contributed by atoms with van der Waals surface area (Å²) in [6, 6.07) is 13.4. The highest BCUT2D eigenvalue weighted by Crippen LogP contribution is 2.10. The molecule has 19 heavy (non-hydrogen) atoms. The van der Waals surface area contributed by atoms with Crippen LogP contribution in [0.2, 0.25) is 0 Å². The van der Waals surface area contributed by atoms with Gasteiger partial charge in [-0.15, -0.1) is 0 Å². The Morgan fingerprint density at radius 1 is 1.05 bits per heavy atom. The smallest absolute Gasteiger partial charge is 0.257 e. The predicted molar refractivity (Wildman–Crippen MR) is 68.1 cm³/mol. The van der Waals surface area contributed by atoms with Crippen molar-refractivity contribution < 1.29 is 4.79 Å². The van der Waals surface area contributed by atoms with Crippen molar-refractivity contribution in [1.29, 1.82) is 10.5 Å². The van der Waals surface area contributed by atoms with Crippen LogP contribution in [0.4, 0.5) is 5.69 Å². The molecule has 0 bridgehead atoms. The minimum atomic E-state index is -0.318. The number of nitrogens with zero attached hydrogens (tertiary/aromatic N) is 3. The van der Waals surface area contributed by atoms with Crippen LogP contribution in [-0.4, -0.2) is 10.9 Å². The number of nitriles is 2. The van der Waals surface area contributed by atoms with Gasteiger partial charge in [-0.3, -0.25) is 4.79 Å². The number of aromatic nitrogens is 1. The second-order valence-electron chi connectivity index (χ2n) is 3.69. The topological polar surface area (TPSA) is 89.6 Å². The van der Waals surface area contributed by atoms with Gasteiger partial charge in [0, 0.05) is 11.9 Å². The maximum atomic E-state index is 11.9. The molecule has 5 nitrogen and oxygen atoms in total. The number of amides is 1. The van der Waals surface area contributed by atoms with Gasteiger partial charge in [0.1, 0.15) is 11.8 Å². The molecule has 2 rings (SSSR count). The van der Waals surface area contributed by atoms with E-state index in [0.29, 0.717) is 16.8 Å². The molecule has 1 N–H and O–H groups in total. The van der Waals surface area contributed by atoms with E-state index in [4.69, 9.17) is 10.5 Å². The summed E-state index contributed by atoms with van der Waals surface area (Å²) in [4.78, 5) is 15.7. The maximum Gasteiger partial charge on any atom is 0.257 e. The third-order valence-corrected chi connectivity index (χ3v) is 2.41. The van der Waals surface area contributed by atoms with Gasteiger partial charge < -0.3 is 5.32 Å². The number of hydrogen-bond donors (Lipinski definition) is 1. The third-order valence-electron chi connectivity index (χ3n) is 2.41. The highest BCUT2D eigenvalue weighted by atomic mass is 16.1. The fourth-order valence-electron chi connectivity index (χ4n) is 1.43. The Morgan fingerprint density at radius 3 is 2.32 bits per heavy atom. The SMILES string of the molecule is N#Cc1ccc(NC(=O)c2ccc(C#N)nc2)cc1. The molecule has 90 valence electrons. The van der Waals surface area contributed by atoms with Crippen LogP contribution in [0, 0.1) is 22.7 Å². The lowest BCUT2D eigenvalue weighted by Crippen LogP contribution is -2.12. The Balaban J connectivity index is 2.11. The van der Waals surface area contributed by atoms with Gasteiger partial charge in [0.05, 0.1) is 17.2 Å². The Bertz CT molecular complexity index is 675. The molecule has 1 aromatic carbocycles. The normalized spacial score (nSPS) is 9.16. The second-order valence-corrected chi connectivity index (χ2v) is 3.69. The molecule has 0 aliphatic rings.